The largest absolute Gasteiger partial charge is 0.415 e. The lowest BCUT2D eigenvalue weighted by Crippen LogP contribution is -2.13. The zero-order valence-electron chi connectivity index (χ0n) is 9.80. The fourth-order valence-corrected chi connectivity index (χ4v) is 2.08. The lowest BCUT2D eigenvalue weighted by atomic mass is 10.3. The van der Waals surface area contributed by atoms with E-state index in [0.29, 0.717) is 11.1 Å². The molecule has 100 valence electrons. The van der Waals surface area contributed by atoms with E-state index in [1.165, 1.54) is 11.8 Å². The number of carbonyl (C=O) groups excluding carboxylic acids is 1. The van der Waals surface area contributed by atoms with Crippen molar-refractivity contribution in [3.8, 4) is 0 Å². The van der Waals surface area contributed by atoms with Gasteiger partial charge in [0, 0.05) is 10.2 Å². The quantitative estimate of drug-likeness (QED) is 0.807. The first kappa shape index (κ1) is 14.0. The number of rotatable bonds is 5. The predicted octanol–water partition coefficient (Wildman–Crippen LogP) is 2.02. The van der Waals surface area contributed by atoms with Crippen molar-refractivity contribution in [3.63, 3.8) is 0 Å². The smallest absolute Gasteiger partial charge is 0.277 e. The molecular formula is C11H11BrN4O2S. The number of hydrogen-bond acceptors (Lipinski definition) is 6. The third kappa shape index (κ3) is 4.34. The number of amides is 1. The van der Waals surface area contributed by atoms with Gasteiger partial charge in [0.2, 0.25) is 11.8 Å². The molecule has 0 saturated heterocycles. The zero-order valence-corrected chi connectivity index (χ0v) is 12.2. The van der Waals surface area contributed by atoms with Crippen molar-refractivity contribution >= 4 is 39.3 Å². The van der Waals surface area contributed by atoms with Crippen LogP contribution in [-0.2, 0) is 11.3 Å². The van der Waals surface area contributed by atoms with Gasteiger partial charge in [-0.05, 0) is 24.3 Å². The van der Waals surface area contributed by atoms with Crippen molar-refractivity contribution in [2.75, 3.05) is 11.1 Å². The van der Waals surface area contributed by atoms with E-state index in [0.717, 1.165) is 10.2 Å². The summed E-state index contributed by atoms with van der Waals surface area (Å²) in [5, 5.41) is 10.6. The Morgan fingerprint density at radius 1 is 1.37 bits per heavy atom. The minimum absolute atomic E-state index is 0.139. The number of nitrogens with two attached hydrogens (primary N) is 1. The summed E-state index contributed by atoms with van der Waals surface area (Å²) in [7, 11) is 0. The molecule has 2 rings (SSSR count). The molecule has 1 aromatic heterocycles. The highest BCUT2D eigenvalue weighted by atomic mass is 79.9. The number of halogens is 1. The van der Waals surface area contributed by atoms with Crippen molar-refractivity contribution in [2.45, 2.75) is 11.8 Å². The van der Waals surface area contributed by atoms with Gasteiger partial charge < -0.3 is 15.5 Å². The Balaban J connectivity index is 1.82. The molecule has 19 heavy (non-hydrogen) atoms. The second-order valence-electron chi connectivity index (χ2n) is 3.51. The molecule has 1 heterocycles. The third-order valence-corrected chi connectivity index (χ3v) is 3.42. The Morgan fingerprint density at radius 2 is 2.11 bits per heavy atom. The lowest BCUT2D eigenvalue weighted by molar-refractivity contribution is -0.113. The monoisotopic (exact) mass is 342 g/mol. The number of nitrogens with zero attached hydrogens (tertiary/aromatic N) is 2. The molecule has 2 aromatic rings. The number of hydrogen-bond donors (Lipinski definition) is 2. The van der Waals surface area contributed by atoms with Crippen LogP contribution in [0, 0.1) is 0 Å². The average molecular weight is 343 g/mol. The standard InChI is InChI=1S/C11H11BrN4O2S/c12-7-1-3-8(4-2-7)14-9(17)6-19-11-16-15-10(5-13)18-11/h1-4H,5-6,13H2,(H,14,17). The summed E-state index contributed by atoms with van der Waals surface area (Å²) in [6.07, 6.45) is 0. The van der Waals surface area contributed by atoms with Crippen LogP contribution in [0.3, 0.4) is 0 Å². The van der Waals surface area contributed by atoms with Crippen molar-refractivity contribution in [1.82, 2.24) is 10.2 Å². The summed E-state index contributed by atoms with van der Waals surface area (Å²) in [6.45, 7) is 0.193. The van der Waals surface area contributed by atoms with Gasteiger partial charge in [-0.1, -0.05) is 27.7 Å². The molecule has 0 atom stereocenters. The summed E-state index contributed by atoms with van der Waals surface area (Å²) in [4.78, 5) is 11.7. The Bertz CT molecular complexity index is 558. The first-order valence-corrected chi connectivity index (χ1v) is 7.16. The molecule has 0 bridgehead atoms. The van der Waals surface area contributed by atoms with E-state index in [-0.39, 0.29) is 18.2 Å². The zero-order chi connectivity index (χ0) is 13.7. The van der Waals surface area contributed by atoms with Gasteiger partial charge in [-0.2, -0.15) is 0 Å². The molecule has 1 amide bonds. The normalized spacial score (nSPS) is 10.4. The summed E-state index contributed by atoms with van der Waals surface area (Å²) < 4.78 is 6.14. The van der Waals surface area contributed by atoms with Crippen molar-refractivity contribution in [3.05, 3.63) is 34.6 Å². The summed E-state index contributed by atoms with van der Waals surface area (Å²) >= 11 is 4.50. The van der Waals surface area contributed by atoms with E-state index in [4.69, 9.17) is 10.2 Å². The molecule has 0 unspecified atom stereocenters. The van der Waals surface area contributed by atoms with E-state index in [2.05, 4.69) is 31.4 Å². The first-order chi connectivity index (χ1) is 9.17. The van der Waals surface area contributed by atoms with Crippen molar-refractivity contribution < 1.29 is 9.21 Å². The van der Waals surface area contributed by atoms with Crippen LogP contribution in [-0.4, -0.2) is 21.9 Å². The SMILES string of the molecule is NCc1nnc(SCC(=O)Nc2ccc(Br)cc2)o1. The molecule has 0 fully saturated rings. The Labute approximate surface area is 122 Å². The van der Waals surface area contributed by atoms with Crippen LogP contribution in [0.4, 0.5) is 5.69 Å². The number of nitrogens with one attached hydrogen (secondary N) is 1. The first-order valence-electron chi connectivity index (χ1n) is 5.38. The van der Waals surface area contributed by atoms with Crippen LogP contribution in [0.1, 0.15) is 5.89 Å². The highest BCUT2D eigenvalue weighted by molar-refractivity contribution is 9.10. The van der Waals surface area contributed by atoms with E-state index in [1.54, 1.807) is 0 Å². The number of aromatic nitrogens is 2. The second-order valence-corrected chi connectivity index (χ2v) is 5.35. The summed E-state index contributed by atoms with van der Waals surface area (Å²) in [6, 6.07) is 7.33. The van der Waals surface area contributed by atoms with Crippen molar-refractivity contribution in [1.29, 1.82) is 0 Å². The maximum Gasteiger partial charge on any atom is 0.277 e. The molecule has 0 aliphatic rings. The van der Waals surface area contributed by atoms with Gasteiger partial charge in [-0.25, -0.2) is 0 Å². The molecule has 0 aliphatic carbocycles. The molecule has 8 heteroatoms. The fourth-order valence-electron chi connectivity index (χ4n) is 1.24. The number of anilines is 1. The molecule has 1 aromatic carbocycles. The van der Waals surface area contributed by atoms with Crippen LogP contribution < -0.4 is 11.1 Å². The Hall–Kier alpha value is -1.38. The van der Waals surface area contributed by atoms with Crippen LogP contribution in [0.2, 0.25) is 0 Å². The van der Waals surface area contributed by atoms with Crippen LogP contribution in [0.15, 0.2) is 38.4 Å². The van der Waals surface area contributed by atoms with Gasteiger partial charge in [0.15, 0.2) is 0 Å². The van der Waals surface area contributed by atoms with Gasteiger partial charge in [-0.3, -0.25) is 4.79 Å². The Morgan fingerprint density at radius 3 is 2.74 bits per heavy atom. The van der Waals surface area contributed by atoms with Gasteiger partial charge in [-0.15, -0.1) is 10.2 Å². The minimum atomic E-state index is -0.139. The highest BCUT2D eigenvalue weighted by Crippen LogP contribution is 2.17. The van der Waals surface area contributed by atoms with E-state index >= 15 is 0 Å². The lowest BCUT2D eigenvalue weighted by Gasteiger charge is -2.03. The molecule has 0 aliphatic heterocycles. The molecular weight excluding hydrogens is 332 g/mol. The van der Waals surface area contributed by atoms with Gasteiger partial charge in [0.05, 0.1) is 12.3 Å². The van der Waals surface area contributed by atoms with E-state index in [9.17, 15) is 4.79 Å². The van der Waals surface area contributed by atoms with E-state index < -0.39 is 0 Å². The second kappa shape index (κ2) is 6.69. The van der Waals surface area contributed by atoms with Crippen molar-refractivity contribution in [2.24, 2.45) is 5.73 Å². The summed E-state index contributed by atoms with van der Waals surface area (Å²) in [5.41, 5.74) is 6.08. The molecule has 6 nitrogen and oxygen atoms in total. The molecule has 3 N–H and O–H groups in total. The molecule has 0 spiro atoms. The number of benzene rings is 1. The number of thioether (sulfide) groups is 1. The van der Waals surface area contributed by atoms with Gasteiger partial charge in [0.1, 0.15) is 0 Å². The Kier molecular flexibility index (Phi) is 4.94. The summed E-state index contributed by atoms with van der Waals surface area (Å²) in [5.74, 6) is 0.415. The predicted molar refractivity (Wildman–Crippen MR) is 75.7 cm³/mol. The maximum absolute atomic E-state index is 11.7. The number of carbonyl (C=O) groups is 1. The van der Waals surface area contributed by atoms with Gasteiger partial charge >= 0.3 is 0 Å². The average Bonchev–Trinajstić information content (AvgIpc) is 2.87. The fraction of sp³-hybridized carbons (Fsp3) is 0.182. The highest BCUT2D eigenvalue weighted by Gasteiger charge is 2.09. The molecule has 0 saturated carbocycles. The van der Waals surface area contributed by atoms with Crippen LogP contribution >= 0.6 is 27.7 Å². The third-order valence-electron chi connectivity index (χ3n) is 2.08. The van der Waals surface area contributed by atoms with E-state index in [1.807, 2.05) is 24.3 Å². The van der Waals surface area contributed by atoms with Crippen LogP contribution in [0.25, 0.3) is 0 Å². The van der Waals surface area contributed by atoms with Crippen LogP contribution in [0.5, 0.6) is 0 Å². The maximum atomic E-state index is 11.7. The minimum Gasteiger partial charge on any atom is -0.415 e. The topological polar surface area (TPSA) is 94.0 Å². The molecule has 0 radical (unpaired) electrons. The van der Waals surface area contributed by atoms with Gasteiger partial charge in [0.25, 0.3) is 5.22 Å².